The largest absolute Gasteiger partial charge is 0.125 e. The molecule has 3 rings (SSSR count). The lowest BCUT2D eigenvalue weighted by Gasteiger charge is -2.19. The van der Waals surface area contributed by atoms with Gasteiger partial charge in [-0.2, -0.15) is 0 Å². The van der Waals surface area contributed by atoms with Gasteiger partial charge in [-0.15, -0.1) is 11.8 Å². The Bertz CT molecular complexity index is 608. The first-order chi connectivity index (χ1) is 10.3. The van der Waals surface area contributed by atoms with Crippen LogP contribution in [0.2, 0.25) is 0 Å². The number of rotatable bonds is 5. The zero-order valence-corrected chi connectivity index (χ0v) is 14.8. The monoisotopic (exact) mass is 360 g/mol. The predicted octanol–water partition coefficient (Wildman–Crippen LogP) is 5.83. The Labute approximate surface area is 140 Å². The number of thioether (sulfide) groups is 1. The first-order valence-electron chi connectivity index (χ1n) is 7.59. The van der Waals surface area contributed by atoms with Crippen molar-refractivity contribution in [3.8, 4) is 0 Å². The van der Waals surface area contributed by atoms with E-state index in [2.05, 4.69) is 71.4 Å². The first-order valence-corrected chi connectivity index (χ1v) is 9.70. The third-order valence-electron chi connectivity index (χ3n) is 4.24. The Kier molecular flexibility index (Phi) is 5.07. The van der Waals surface area contributed by atoms with Gasteiger partial charge in [0.05, 0.1) is 0 Å². The van der Waals surface area contributed by atoms with E-state index in [0.717, 1.165) is 11.2 Å². The maximum absolute atomic E-state index is 3.73. The van der Waals surface area contributed by atoms with Crippen molar-refractivity contribution < 1.29 is 0 Å². The van der Waals surface area contributed by atoms with Gasteiger partial charge in [-0.25, -0.2) is 0 Å². The van der Waals surface area contributed by atoms with Crippen LogP contribution in [0.4, 0.5) is 0 Å². The summed E-state index contributed by atoms with van der Waals surface area (Å²) < 4.78 is 0. The molecule has 0 fully saturated rings. The van der Waals surface area contributed by atoms with E-state index in [9.17, 15) is 0 Å². The Morgan fingerprint density at radius 2 is 2.05 bits per heavy atom. The number of aryl methyl sites for hydroxylation is 1. The first kappa shape index (κ1) is 15.2. The molecule has 1 aliphatic rings. The molecule has 1 heterocycles. The Balaban J connectivity index is 1.68. The van der Waals surface area contributed by atoms with Crippen LogP contribution in [0, 0.1) is 12.8 Å². The topological polar surface area (TPSA) is 0 Å². The summed E-state index contributed by atoms with van der Waals surface area (Å²) in [4.78, 5) is 1.49. The molecule has 0 N–H and O–H groups in total. The second-order valence-corrected chi connectivity index (χ2v) is 7.70. The standard InChI is InChI=1S/C19H21BrS/c1-14-5-4-6-15(9-14)10-16(12-20)11-17-13-21-19-8-3-2-7-18(17)19/h2-9,16-17H,10-13H2,1H3. The van der Waals surface area contributed by atoms with Crippen molar-refractivity contribution >= 4 is 27.7 Å². The van der Waals surface area contributed by atoms with Crippen LogP contribution in [-0.2, 0) is 6.42 Å². The number of hydrogen-bond acceptors (Lipinski definition) is 1. The van der Waals surface area contributed by atoms with Crippen LogP contribution in [0.5, 0.6) is 0 Å². The van der Waals surface area contributed by atoms with E-state index in [1.165, 1.54) is 34.6 Å². The molecule has 2 unspecified atom stereocenters. The molecule has 2 atom stereocenters. The highest BCUT2D eigenvalue weighted by atomic mass is 79.9. The van der Waals surface area contributed by atoms with E-state index in [1.807, 2.05) is 11.8 Å². The van der Waals surface area contributed by atoms with Gasteiger partial charge in [-0.1, -0.05) is 64.0 Å². The third-order valence-corrected chi connectivity index (χ3v) is 6.41. The number of halogens is 1. The van der Waals surface area contributed by atoms with E-state index < -0.39 is 0 Å². The van der Waals surface area contributed by atoms with Crippen molar-refractivity contribution in [2.75, 3.05) is 11.1 Å². The van der Waals surface area contributed by atoms with Crippen molar-refractivity contribution in [1.82, 2.24) is 0 Å². The minimum absolute atomic E-state index is 0.712. The summed E-state index contributed by atoms with van der Waals surface area (Å²) in [6, 6.07) is 17.9. The smallest absolute Gasteiger partial charge is 0.0107 e. The van der Waals surface area contributed by atoms with Crippen LogP contribution in [0.25, 0.3) is 0 Å². The Hall–Kier alpha value is -0.730. The number of benzene rings is 2. The van der Waals surface area contributed by atoms with Gasteiger partial charge >= 0.3 is 0 Å². The highest BCUT2D eigenvalue weighted by Crippen LogP contribution is 2.42. The van der Waals surface area contributed by atoms with Crippen molar-refractivity contribution in [2.24, 2.45) is 5.92 Å². The van der Waals surface area contributed by atoms with Crippen LogP contribution in [-0.4, -0.2) is 11.1 Å². The minimum Gasteiger partial charge on any atom is -0.125 e. The van der Waals surface area contributed by atoms with Crippen LogP contribution in [0.15, 0.2) is 53.4 Å². The molecule has 2 heteroatoms. The van der Waals surface area contributed by atoms with Crippen LogP contribution in [0.3, 0.4) is 0 Å². The van der Waals surface area contributed by atoms with E-state index >= 15 is 0 Å². The Morgan fingerprint density at radius 1 is 1.19 bits per heavy atom. The van der Waals surface area contributed by atoms with Gasteiger partial charge in [-0.3, -0.25) is 0 Å². The van der Waals surface area contributed by atoms with Gasteiger partial charge < -0.3 is 0 Å². The van der Waals surface area contributed by atoms with Crippen molar-refractivity contribution in [2.45, 2.75) is 30.6 Å². The lowest BCUT2D eigenvalue weighted by molar-refractivity contribution is 0.496. The molecule has 0 aliphatic carbocycles. The summed E-state index contributed by atoms with van der Waals surface area (Å²) in [7, 11) is 0. The number of hydrogen-bond donors (Lipinski definition) is 0. The average Bonchev–Trinajstić information content (AvgIpc) is 2.90. The van der Waals surface area contributed by atoms with Gasteiger partial charge in [0, 0.05) is 16.0 Å². The molecule has 0 bridgehead atoms. The molecule has 0 nitrogen and oxygen atoms in total. The molecule has 1 aliphatic heterocycles. The summed E-state index contributed by atoms with van der Waals surface area (Å²) in [5.74, 6) is 2.68. The molecule has 0 saturated heterocycles. The van der Waals surface area contributed by atoms with Crippen LogP contribution in [0.1, 0.15) is 29.0 Å². The fourth-order valence-corrected chi connectivity index (χ4v) is 4.97. The van der Waals surface area contributed by atoms with Crippen molar-refractivity contribution in [3.63, 3.8) is 0 Å². The van der Waals surface area contributed by atoms with Gasteiger partial charge in [-0.05, 0) is 48.8 Å². The molecule has 0 amide bonds. The molecule has 0 saturated carbocycles. The van der Waals surface area contributed by atoms with Gasteiger partial charge in [0.2, 0.25) is 0 Å². The van der Waals surface area contributed by atoms with E-state index in [1.54, 1.807) is 5.56 Å². The molecule has 0 aromatic heterocycles. The normalized spacial score (nSPS) is 18.5. The van der Waals surface area contributed by atoms with Gasteiger partial charge in [0.15, 0.2) is 0 Å². The summed E-state index contributed by atoms with van der Waals surface area (Å²) in [6.45, 7) is 2.18. The maximum Gasteiger partial charge on any atom is 0.0107 e. The summed E-state index contributed by atoms with van der Waals surface area (Å²) >= 11 is 5.75. The lowest BCUT2D eigenvalue weighted by Crippen LogP contribution is -2.12. The minimum atomic E-state index is 0.712. The van der Waals surface area contributed by atoms with Gasteiger partial charge in [0.1, 0.15) is 0 Å². The second-order valence-electron chi connectivity index (χ2n) is 5.99. The van der Waals surface area contributed by atoms with Gasteiger partial charge in [0.25, 0.3) is 0 Å². The molecular formula is C19H21BrS. The SMILES string of the molecule is Cc1cccc(CC(CBr)CC2CSc3ccccc32)c1. The summed E-state index contributed by atoms with van der Waals surface area (Å²) in [5.41, 5.74) is 4.40. The average molecular weight is 361 g/mol. The number of alkyl halides is 1. The molecular weight excluding hydrogens is 340 g/mol. The highest BCUT2D eigenvalue weighted by molar-refractivity contribution is 9.09. The zero-order valence-electron chi connectivity index (χ0n) is 12.4. The molecule has 2 aromatic carbocycles. The molecule has 2 aromatic rings. The predicted molar refractivity (Wildman–Crippen MR) is 96.7 cm³/mol. The molecule has 110 valence electrons. The fraction of sp³-hybridized carbons (Fsp3) is 0.368. The molecule has 0 radical (unpaired) electrons. The maximum atomic E-state index is 3.73. The van der Waals surface area contributed by atoms with Crippen LogP contribution < -0.4 is 0 Å². The second kappa shape index (κ2) is 7.02. The fourth-order valence-electron chi connectivity index (χ4n) is 3.20. The van der Waals surface area contributed by atoms with E-state index in [0.29, 0.717) is 5.92 Å². The highest BCUT2D eigenvalue weighted by Gasteiger charge is 2.25. The summed E-state index contributed by atoms with van der Waals surface area (Å²) in [6.07, 6.45) is 2.46. The number of fused-ring (bicyclic) bond motifs is 1. The molecule has 0 spiro atoms. The van der Waals surface area contributed by atoms with Crippen molar-refractivity contribution in [3.05, 3.63) is 65.2 Å². The summed E-state index contributed by atoms with van der Waals surface area (Å²) in [5, 5.41) is 1.09. The lowest BCUT2D eigenvalue weighted by atomic mass is 9.87. The van der Waals surface area contributed by atoms with Crippen molar-refractivity contribution in [1.29, 1.82) is 0 Å². The Morgan fingerprint density at radius 3 is 2.86 bits per heavy atom. The van der Waals surface area contributed by atoms with E-state index in [-0.39, 0.29) is 0 Å². The third kappa shape index (κ3) is 3.73. The molecule has 21 heavy (non-hydrogen) atoms. The van der Waals surface area contributed by atoms with Crippen LogP contribution >= 0.6 is 27.7 Å². The zero-order chi connectivity index (χ0) is 14.7. The quantitative estimate of drug-likeness (QED) is 0.604. The van der Waals surface area contributed by atoms with E-state index in [4.69, 9.17) is 0 Å².